The van der Waals surface area contributed by atoms with Crippen LogP contribution in [0.25, 0.3) is 6.08 Å². The summed E-state index contributed by atoms with van der Waals surface area (Å²) in [7, 11) is 0. The van der Waals surface area contributed by atoms with Gasteiger partial charge in [0.15, 0.2) is 5.82 Å². The number of hydrogen-bond acceptors (Lipinski definition) is 5. The fourth-order valence-corrected chi connectivity index (χ4v) is 2.79. The molecule has 0 aliphatic carbocycles. The Labute approximate surface area is 114 Å². The molecule has 0 aromatic carbocycles. The van der Waals surface area contributed by atoms with Crippen LogP contribution in [-0.2, 0) is 4.79 Å². The van der Waals surface area contributed by atoms with E-state index in [0.717, 1.165) is 17.8 Å². The number of thiophene rings is 1. The molecular formula is C13H13N3O2S. The van der Waals surface area contributed by atoms with E-state index in [1.54, 1.807) is 17.4 Å². The first-order valence-electron chi connectivity index (χ1n) is 6.09. The second kappa shape index (κ2) is 5.36. The fourth-order valence-electron chi connectivity index (χ4n) is 2.17. The molecule has 3 rings (SSSR count). The molecule has 19 heavy (non-hydrogen) atoms. The van der Waals surface area contributed by atoms with Gasteiger partial charge in [-0.2, -0.15) is 4.98 Å². The minimum Gasteiger partial charge on any atom is -0.343 e. The molecule has 2 aromatic rings. The first-order chi connectivity index (χ1) is 9.33. The van der Waals surface area contributed by atoms with E-state index in [0.29, 0.717) is 12.4 Å². The zero-order valence-electron chi connectivity index (χ0n) is 10.2. The van der Waals surface area contributed by atoms with Gasteiger partial charge >= 0.3 is 0 Å². The molecule has 0 spiro atoms. The summed E-state index contributed by atoms with van der Waals surface area (Å²) in [6, 6.07) is 3.96. The third-order valence-corrected chi connectivity index (χ3v) is 4.01. The van der Waals surface area contributed by atoms with Gasteiger partial charge in [0.1, 0.15) is 0 Å². The van der Waals surface area contributed by atoms with E-state index in [4.69, 9.17) is 4.52 Å². The van der Waals surface area contributed by atoms with Gasteiger partial charge in [0.25, 0.3) is 0 Å². The van der Waals surface area contributed by atoms with Gasteiger partial charge in [0.05, 0.1) is 0 Å². The van der Waals surface area contributed by atoms with Gasteiger partial charge < -0.3 is 9.42 Å². The largest absolute Gasteiger partial charge is 0.343 e. The molecule has 1 atom stereocenters. The highest BCUT2D eigenvalue weighted by Crippen LogP contribution is 2.24. The van der Waals surface area contributed by atoms with E-state index >= 15 is 0 Å². The van der Waals surface area contributed by atoms with Crippen LogP contribution in [0.4, 0.5) is 0 Å². The van der Waals surface area contributed by atoms with Gasteiger partial charge in [-0.15, -0.1) is 11.3 Å². The number of carbonyl (C=O) groups excluding carboxylic acids is 1. The Morgan fingerprint density at radius 1 is 1.58 bits per heavy atom. The normalized spacial score (nSPS) is 19.4. The number of hydrogen-bond donors (Lipinski definition) is 0. The van der Waals surface area contributed by atoms with Crippen molar-refractivity contribution >= 4 is 23.3 Å². The minimum atomic E-state index is 0.0411. The molecule has 1 saturated heterocycles. The molecule has 6 heteroatoms. The topological polar surface area (TPSA) is 59.2 Å². The summed E-state index contributed by atoms with van der Waals surface area (Å²) in [6.07, 6.45) is 5.70. The van der Waals surface area contributed by atoms with Crippen molar-refractivity contribution in [3.8, 4) is 0 Å². The van der Waals surface area contributed by atoms with Gasteiger partial charge in [0, 0.05) is 30.0 Å². The molecule has 0 radical (unpaired) electrons. The predicted molar refractivity (Wildman–Crippen MR) is 71.6 cm³/mol. The number of nitrogens with zero attached hydrogens (tertiary/aromatic N) is 3. The maximum atomic E-state index is 12.0. The standard InChI is InChI=1S/C13H13N3O2S/c17-12(4-3-11-2-1-7-19-11)16-6-5-10(8-16)13-14-9-18-15-13/h1-4,7,9-10H,5-6,8H2. The molecule has 1 aliphatic rings. The van der Waals surface area contributed by atoms with Crippen LogP contribution in [0, 0.1) is 0 Å². The monoisotopic (exact) mass is 275 g/mol. The summed E-state index contributed by atoms with van der Waals surface area (Å²) in [4.78, 5) is 19.0. The molecule has 1 unspecified atom stereocenters. The molecule has 98 valence electrons. The summed E-state index contributed by atoms with van der Waals surface area (Å²) in [5, 5.41) is 5.83. The van der Waals surface area contributed by atoms with E-state index in [2.05, 4.69) is 10.1 Å². The molecule has 5 nitrogen and oxygen atoms in total. The molecule has 1 aliphatic heterocycles. The highest BCUT2D eigenvalue weighted by atomic mass is 32.1. The predicted octanol–water partition coefficient (Wildman–Crippen LogP) is 2.16. The Morgan fingerprint density at radius 2 is 2.53 bits per heavy atom. The van der Waals surface area contributed by atoms with Crippen molar-refractivity contribution in [2.45, 2.75) is 12.3 Å². The molecule has 0 saturated carbocycles. The fraction of sp³-hybridized carbons (Fsp3) is 0.308. The van der Waals surface area contributed by atoms with Crippen molar-refractivity contribution in [3.05, 3.63) is 40.7 Å². The van der Waals surface area contributed by atoms with Crippen molar-refractivity contribution in [2.24, 2.45) is 0 Å². The maximum Gasteiger partial charge on any atom is 0.246 e. The lowest BCUT2D eigenvalue weighted by molar-refractivity contribution is -0.124. The van der Waals surface area contributed by atoms with E-state index in [-0.39, 0.29) is 11.8 Å². The zero-order chi connectivity index (χ0) is 13.1. The lowest BCUT2D eigenvalue weighted by atomic mass is 10.1. The van der Waals surface area contributed by atoms with Crippen LogP contribution >= 0.6 is 11.3 Å². The van der Waals surface area contributed by atoms with Crippen molar-refractivity contribution in [3.63, 3.8) is 0 Å². The zero-order valence-corrected chi connectivity index (χ0v) is 11.0. The van der Waals surface area contributed by atoms with Crippen molar-refractivity contribution in [2.75, 3.05) is 13.1 Å². The molecule has 3 heterocycles. The van der Waals surface area contributed by atoms with Crippen LogP contribution in [0.2, 0.25) is 0 Å². The van der Waals surface area contributed by atoms with Crippen LogP contribution in [0.15, 0.2) is 34.5 Å². The molecule has 2 aromatic heterocycles. The maximum absolute atomic E-state index is 12.0. The Hall–Kier alpha value is -1.95. The molecule has 1 fully saturated rings. The van der Waals surface area contributed by atoms with Crippen molar-refractivity contribution < 1.29 is 9.32 Å². The van der Waals surface area contributed by atoms with E-state index in [1.807, 2.05) is 28.5 Å². The second-order valence-corrected chi connectivity index (χ2v) is 5.39. The van der Waals surface area contributed by atoms with Crippen LogP contribution in [0.1, 0.15) is 23.0 Å². The Balaban J connectivity index is 1.60. The molecular weight excluding hydrogens is 262 g/mol. The average Bonchev–Trinajstić information content (AvgIpc) is 3.14. The van der Waals surface area contributed by atoms with E-state index in [1.165, 1.54) is 6.39 Å². The smallest absolute Gasteiger partial charge is 0.246 e. The van der Waals surface area contributed by atoms with E-state index in [9.17, 15) is 4.79 Å². The van der Waals surface area contributed by atoms with Gasteiger partial charge in [-0.1, -0.05) is 11.2 Å². The molecule has 0 N–H and O–H groups in total. The van der Waals surface area contributed by atoms with Crippen LogP contribution in [0.5, 0.6) is 0 Å². The molecule has 0 bridgehead atoms. The van der Waals surface area contributed by atoms with Crippen molar-refractivity contribution in [1.29, 1.82) is 0 Å². The summed E-state index contributed by atoms with van der Waals surface area (Å²) < 4.78 is 4.74. The summed E-state index contributed by atoms with van der Waals surface area (Å²) in [5.74, 6) is 0.926. The van der Waals surface area contributed by atoms with Crippen molar-refractivity contribution in [1.82, 2.24) is 15.0 Å². The van der Waals surface area contributed by atoms with Gasteiger partial charge in [-0.05, 0) is 23.9 Å². The third-order valence-electron chi connectivity index (χ3n) is 3.18. The van der Waals surface area contributed by atoms with Crippen LogP contribution in [0.3, 0.4) is 0 Å². The van der Waals surface area contributed by atoms with Gasteiger partial charge in [-0.25, -0.2) is 0 Å². The highest BCUT2D eigenvalue weighted by Gasteiger charge is 2.28. The Bertz CT molecular complexity index is 563. The Morgan fingerprint density at radius 3 is 3.26 bits per heavy atom. The van der Waals surface area contributed by atoms with Gasteiger partial charge in [0.2, 0.25) is 12.3 Å². The summed E-state index contributed by atoms with van der Waals surface area (Å²) in [5.41, 5.74) is 0. The number of aromatic nitrogens is 2. The SMILES string of the molecule is O=C(C=Cc1cccs1)N1CCC(c2ncon2)C1. The quantitative estimate of drug-likeness (QED) is 0.805. The first kappa shape index (κ1) is 12.1. The second-order valence-electron chi connectivity index (χ2n) is 4.41. The summed E-state index contributed by atoms with van der Waals surface area (Å²) >= 11 is 1.62. The lowest BCUT2D eigenvalue weighted by Gasteiger charge is -2.12. The first-order valence-corrected chi connectivity index (χ1v) is 6.97. The highest BCUT2D eigenvalue weighted by molar-refractivity contribution is 7.10. The minimum absolute atomic E-state index is 0.0411. The molecule has 1 amide bonds. The van der Waals surface area contributed by atoms with E-state index < -0.39 is 0 Å². The average molecular weight is 275 g/mol. The number of rotatable bonds is 3. The third kappa shape index (κ3) is 2.73. The summed E-state index contributed by atoms with van der Waals surface area (Å²) in [6.45, 7) is 1.40. The van der Waals surface area contributed by atoms with Crippen LogP contribution in [-0.4, -0.2) is 34.0 Å². The Kier molecular flexibility index (Phi) is 3.41. The van der Waals surface area contributed by atoms with Crippen LogP contribution < -0.4 is 0 Å². The number of carbonyl (C=O) groups is 1. The number of likely N-dealkylation sites (tertiary alicyclic amines) is 1. The lowest BCUT2D eigenvalue weighted by Crippen LogP contribution is -2.26. The number of amides is 1. The van der Waals surface area contributed by atoms with Gasteiger partial charge in [-0.3, -0.25) is 4.79 Å².